The zero-order chi connectivity index (χ0) is 25.1. The van der Waals surface area contributed by atoms with E-state index in [1.165, 1.54) is 44.9 Å². The van der Waals surface area contributed by atoms with Crippen LogP contribution in [0.5, 0.6) is 0 Å². The highest BCUT2D eigenvalue weighted by Gasteiger charge is 2.67. The van der Waals surface area contributed by atoms with Crippen LogP contribution in [0.2, 0.25) is 0 Å². The second-order valence-electron chi connectivity index (χ2n) is 14.0. The first kappa shape index (κ1) is 26.2. The van der Waals surface area contributed by atoms with Gasteiger partial charge in [-0.05, 0) is 115 Å². The van der Waals surface area contributed by atoms with Crippen LogP contribution >= 0.6 is 0 Å². The first-order chi connectivity index (χ1) is 15.8. The first-order valence-electron chi connectivity index (χ1n) is 14.0. The van der Waals surface area contributed by atoms with Crippen LogP contribution in [-0.2, 0) is 4.79 Å². The molecule has 0 aromatic rings. The van der Waals surface area contributed by atoms with Crippen molar-refractivity contribution in [1.82, 2.24) is 0 Å². The quantitative estimate of drug-likeness (QED) is 0.386. The lowest BCUT2D eigenvalue weighted by Crippen LogP contribution is -2.61. The van der Waals surface area contributed by atoms with Gasteiger partial charge in [-0.1, -0.05) is 47.6 Å². The van der Waals surface area contributed by atoms with Crippen LogP contribution in [0.4, 0.5) is 0 Å². The summed E-state index contributed by atoms with van der Waals surface area (Å²) in [4.78, 5) is 11.2. The van der Waals surface area contributed by atoms with Gasteiger partial charge >= 0.3 is 5.97 Å². The van der Waals surface area contributed by atoms with Gasteiger partial charge < -0.3 is 15.3 Å². The molecule has 9 unspecified atom stereocenters. The van der Waals surface area contributed by atoms with Gasteiger partial charge in [-0.3, -0.25) is 0 Å². The number of carbonyl (C=O) groups is 1. The average molecular weight is 475 g/mol. The zero-order valence-electron chi connectivity index (χ0n) is 22.6. The number of carboxylic acids is 1. The third-order valence-electron chi connectivity index (χ3n) is 12.6. The molecule has 4 rings (SSSR count). The average Bonchev–Trinajstić information content (AvgIpc) is 3.05. The van der Waals surface area contributed by atoms with Crippen LogP contribution in [0.25, 0.3) is 0 Å². The molecule has 0 heterocycles. The Morgan fingerprint density at radius 2 is 1.62 bits per heavy atom. The summed E-state index contributed by atoms with van der Waals surface area (Å²) < 4.78 is 0. The smallest absolute Gasteiger partial charge is 0.333 e. The van der Waals surface area contributed by atoms with Crippen LogP contribution in [0.1, 0.15) is 106 Å². The molecule has 4 aliphatic rings. The highest BCUT2D eigenvalue weighted by atomic mass is 16.4. The van der Waals surface area contributed by atoms with E-state index in [4.69, 9.17) is 0 Å². The number of carboxylic acid groups (broad SMARTS) is 1. The van der Waals surface area contributed by atoms with Crippen molar-refractivity contribution in [2.24, 2.45) is 51.2 Å². The Balaban J connectivity index is 1.53. The molecular formula is C30H50O4. The van der Waals surface area contributed by atoms with Gasteiger partial charge in [0, 0.05) is 0 Å². The monoisotopic (exact) mass is 474 g/mol. The first-order valence-corrected chi connectivity index (χ1v) is 14.0. The molecular weight excluding hydrogens is 424 g/mol. The second-order valence-corrected chi connectivity index (χ2v) is 14.0. The Labute approximate surface area is 207 Å². The Morgan fingerprint density at radius 3 is 2.26 bits per heavy atom. The van der Waals surface area contributed by atoms with Crippen molar-refractivity contribution in [3.8, 4) is 0 Å². The summed E-state index contributed by atoms with van der Waals surface area (Å²) in [6.45, 7) is 14.4. The zero-order valence-corrected chi connectivity index (χ0v) is 22.6. The van der Waals surface area contributed by atoms with E-state index in [0.29, 0.717) is 34.0 Å². The predicted molar refractivity (Wildman–Crippen MR) is 136 cm³/mol. The van der Waals surface area contributed by atoms with Gasteiger partial charge in [-0.15, -0.1) is 0 Å². The van der Waals surface area contributed by atoms with E-state index in [1.54, 1.807) is 6.08 Å². The molecule has 194 valence electrons. The number of aliphatic hydroxyl groups excluding tert-OH is 2. The molecule has 4 saturated carbocycles. The van der Waals surface area contributed by atoms with E-state index in [-0.39, 0.29) is 23.7 Å². The lowest BCUT2D eigenvalue weighted by molar-refractivity contribution is -0.200. The normalized spacial score (nSPS) is 46.8. The minimum atomic E-state index is -1.00. The maximum atomic E-state index is 11.2. The van der Waals surface area contributed by atoms with E-state index in [0.717, 1.165) is 31.1 Å². The van der Waals surface area contributed by atoms with Gasteiger partial charge in [0.05, 0.1) is 18.3 Å². The highest BCUT2D eigenvalue weighted by Crippen LogP contribution is 2.74. The SMILES string of the molecule is CC(CCC=C(CO)C(=O)O)C1CCC2(C)C3CCC4C(C)(C)C(O)CCC4(C)C3CCC12C. The van der Waals surface area contributed by atoms with Crippen molar-refractivity contribution in [1.29, 1.82) is 0 Å². The molecule has 4 nitrogen and oxygen atoms in total. The summed E-state index contributed by atoms with van der Waals surface area (Å²) in [5.41, 5.74) is 1.21. The van der Waals surface area contributed by atoms with Gasteiger partial charge in [0.1, 0.15) is 0 Å². The molecule has 4 fully saturated rings. The summed E-state index contributed by atoms with van der Waals surface area (Å²) in [6.07, 6.45) is 13.2. The number of fused-ring (bicyclic) bond motifs is 5. The van der Waals surface area contributed by atoms with Crippen LogP contribution in [-0.4, -0.2) is 34.0 Å². The lowest BCUT2D eigenvalue weighted by Gasteiger charge is -2.67. The van der Waals surface area contributed by atoms with E-state index < -0.39 is 5.97 Å². The summed E-state index contributed by atoms with van der Waals surface area (Å²) in [6, 6.07) is 0. The van der Waals surface area contributed by atoms with Gasteiger partial charge in [0.15, 0.2) is 0 Å². The predicted octanol–water partition coefficient (Wildman–Crippen LogP) is 6.45. The van der Waals surface area contributed by atoms with Crippen molar-refractivity contribution in [2.45, 2.75) is 112 Å². The molecule has 0 radical (unpaired) electrons. The van der Waals surface area contributed by atoms with E-state index >= 15 is 0 Å². The van der Waals surface area contributed by atoms with Crippen molar-refractivity contribution in [3.05, 3.63) is 11.6 Å². The number of hydrogen-bond donors (Lipinski definition) is 3. The maximum absolute atomic E-state index is 11.2. The molecule has 0 aromatic carbocycles. The van der Waals surface area contributed by atoms with Gasteiger partial charge in [-0.2, -0.15) is 0 Å². The summed E-state index contributed by atoms with van der Waals surface area (Å²) >= 11 is 0. The van der Waals surface area contributed by atoms with E-state index in [1.807, 2.05) is 0 Å². The fourth-order valence-corrected chi connectivity index (χ4v) is 10.4. The van der Waals surface area contributed by atoms with Gasteiger partial charge in [0.25, 0.3) is 0 Å². The molecule has 4 heteroatoms. The Kier molecular flexibility index (Phi) is 6.86. The van der Waals surface area contributed by atoms with Crippen LogP contribution in [0.15, 0.2) is 11.6 Å². The Hall–Kier alpha value is -0.870. The molecule has 0 bridgehead atoms. The number of aliphatic hydroxyl groups is 2. The summed E-state index contributed by atoms with van der Waals surface area (Å²) in [7, 11) is 0. The lowest BCUT2D eigenvalue weighted by atomic mass is 9.38. The Bertz CT molecular complexity index is 817. The molecule has 9 atom stereocenters. The van der Waals surface area contributed by atoms with Crippen LogP contribution in [0, 0.1) is 51.2 Å². The maximum Gasteiger partial charge on any atom is 0.333 e. The van der Waals surface area contributed by atoms with E-state index in [9.17, 15) is 20.1 Å². The second kappa shape index (κ2) is 8.91. The molecule has 34 heavy (non-hydrogen) atoms. The van der Waals surface area contributed by atoms with Gasteiger partial charge in [-0.25, -0.2) is 4.79 Å². The fourth-order valence-electron chi connectivity index (χ4n) is 10.4. The summed E-state index contributed by atoms with van der Waals surface area (Å²) in [5.74, 6) is 2.42. The number of rotatable bonds is 6. The van der Waals surface area contributed by atoms with Crippen molar-refractivity contribution in [2.75, 3.05) is 6.61 Å². The molecule has 0 spiro atoms. The molecule has 0 aromatic heterocycles. The van der Waals surface area contributed by atoms with E-state index in [2.05, 4.69) is 41.5 Å². The minimum absolute atomic E-state index is 0.0171. The third kappa shape index (κ3) is 3.72. The van der Waals surface area contributed by atoms with Crippen molar-refractivity contribution < 1.29 is 20.1 Å². The highest BCUT2D eigenvalue weighted by molar-refractivity contribution is 5.86. The van der Waals surface area contributed by atoms with Crippen LogP contribution < -0.4 is 0 Å². The number of hydrogen-bond acceptors (Lipinski definition) is 3. The largest absolute Gasteiger partial charge is 0.478 e. The van der Waals surface area contributed by atoms with Crippen LogP contribution in [0.3, 0.4) is 0 Å². The van der Waals surface area contributed by atoms with Crippen molar-refractivity contribution in [3.63, 3.8) is 0 Å². The number of allylic oxidation sites excluding steroid dienone is 1. The Morgan fingerprint density at radius 1 is 0.941 bits per heavy atom. The molecule has 3 N–H and O–H groups in total. The minimum Gasteiger partial charge on any atom is -0.478 e. The molecule has 4 aliphatic carbocycles. The van der Waals surface area contributed by atoms with Crippen molar-refractivity contribution >= 4 is 5.97 Å². The standard InChI is InChI=1S/C30H50O4/c1-19(8-7-9-20(18-31)26(33)34)21-12-16-30(6)23-10-11-24-27(2,3)25(32)14-15-28(24,4)22(23)13-17-29(21,30)5/h9,19,21-25,31-32H,7-8,10-18H2,1-6H3,(H,33,34). The third-order valence-corrected chi connectivity index (χ3v) is 12.6. The fraction of sp³-hybridized carbons (Fsp3) is 0.900. The van der Waals surface area contributed by atoms with Gasteiger partial charge in [0.2, 0.25) is 0 Å². The molecule has 0 aliphatic heterocycles. The molecule has 0 saturated heterocycles. The summed E-state index contributed by atoms with van der Waals surface area (Å²) in [5, 5.41) is 29.3. The number of aliphatic carboxylic acids is 1. The topological polar surface area (TPSA) is 77.8 Å². The molecule has 0 amide bonds.